The van der Waals surface area contributed by atoms with Crippen molar-refractivity contribution in [3.05, 3.63) is 53.5 Å². The van der Waals surface area contributed by atoms with Gasteiger partial charge in [0.05, 0.1) is 19.2 Å². The third kappa shape index (κ3) is 3.93. The number of likely N-dealkylation sites (tertiary alicyclic amines) is 1. The number of nitrogens with one attached hydrogen (secondary N) is 1. The van der Waals surface area contributed by atoms with E-state index in [4.69, 9.17) is 4.42 Å². The molecule has 0 radical (unpaired) electrons. The fourth-order valence-corrected chi connectivity index (χ4v) is 4.08. The summed E-state index contributed by atoms with van der Waals surface area (Å²) in [6.45, 7) is 2.85. The maximum Gasteiger partial charge on any atom is 0.289 e. The van der Waals surface area contributed by atoms with Gasteiger partial charge in [-0.25, -0.2) is 0 Å². The van der Waals surface area contributed by atoms with Crippen molar-refractivity contribution in [3.63, 3.8) is 0 Å². The maximum atomic E-state index is 13.0. The number of rotatable bonds is 5. The summed E-state index contributed by atoms with van der Waals surface area (Å²) in [6, 6.07) is 9.61. The fourth-order valence-electron chi connectivity index (χ4n) is 4.08. The zero-order valence-electron chi connectivity index (χ0n) is 16.0. The van der Waals surface area contributed by atoms with Crippen LogP contribution in [0.15, 0.2) is 41.0 Å². The summed E-state index contributed by atoms with van der Waals surface area (Å²) in [5.41, 5.74) is 2.72. The number of furan rings is 1. The largest absolute Gasteiger partial charge is 0.459 e. The van der Waals surface area contributed by atoms with Crippen molar-refractivity contribution in [1.82, 2.24) is 10.2 Å². The van der Waals surface area contributed by atoms with Gasteiger partial charge in [-0.1, -0.05) is 18.2 Å². The summed E-state index contributed by atoms with van der Waals surface area (Å²) in [4.78, 5) is 29.0. The fraction of sp³-hybridized carbons (Fsp3) is 0.429. The zero-order valence-corrected chi connectivity index (χ0v) is 16.8. The first-order valence-corrected chi connectivity index (χ1v) is 9.56. The van der Waals surface area contributed by atoms with Gasteiger partial charge in [0.15, 0.2) is 5.76 Å². The molecule has 0 bridgehead atoms. The van der Waals surface area contributed by atoms with E-state index in [0.29, 0.717) is 24.6 Å². The minimum absolute atomic E-state index is 0. The van der Waals surface area contributed by atoms with E-state index in [9.17, 15) is 9.59 Å². The Balaban J connectivity index is 0.00000225. The number of anilines is 1. The van der Waals surface area contributed by atoms with Gasteiger partial charge in [0, 0.05) is 24.3 Å². The van der Waals surface area contributed by atoms with E-state index >= 15 is 0 Å². The molecule has 0 spiro atoms. The van der Waals surface area contributed by atoms with Gasteiger partial charge in [0.1, 0.15) is 0 Å². The monoisotopic (exact) mass is 403 g/mol. The van der Waals surface area contributed by atoms with Crippen LogP contribution in [0.2, 0.25) is 0 Å². The first-order chi connectivity index (χ1) is 13.2. The molecule has 6 nitrogen and oxygen atoms in total. The number of para-hydroxylation sites is 1. The summed E-state index contributed by atoms with van der Waals surface area (Å²) < 4.78 is 5.55. The number of hydrogen-bond acceptors (Lipinski definition) is 4. The van der Waals surface area contributed by atoms with Crippen molar-refractivity contribution < 1.29 is 14.0 Å². The lowest BCUT2D eigenvalue weighted by molar-refractivity contribution is -0.117. The van der Waals surface area contributed by atoms with E-state index < -0.39 is 0 Å². The number of amides is 2. The Labute approximate surface area is 171 Å². The lowest BCUT2D eigenvalue weighted by Crippen LogP contribution is -2.40. The van der Waals surface area contributed by atoms with Crippen LogP contribution in [0.1, 0.15) is 34.5 Å². The molecule has 0 atom stereocenters. The Hall–Kier alpha value is -2.31. The zero-order chi connectivity index (χ0) is 18.8. The minimum Gasteiger partial charge on any atom is -0.459 e. The Kier molecular flexibility index (Phi) is 6.42. The average Bonchev–Trinajstić information content (AvgIpc) is 3.27. The van der Waals surface area contributed by atoms with Crippen molar-refractivity contribution in [2.75, 3.05) is 31.6 Å². The molecule has 150 valence electrons. The van der Waals surface area contributed by atoms with Crippen molar-refractivity contribution in [2.45, 2.75) is 25.8 Å². The van der Waals surface area contributed by atoms with Crippen molar-refractivity contribution in [3.8, 4) is 0 Å². The predicted molar refractivity (Wildman–Crippen MR) is 110 cm³/mol. The molecular formula is C21H26ClN3O3. The third-order valence-electron chi connectivity index (χ3n) is 5.59. The SMILES string of the molecule is CNCC1CCN(C(=O)c2occc2CN2C(=O)Cc3ccccc32)CC1.Cl. The predicted octanol–water partition coefficient (Wildman–Crippen LogP) is 2.86. The Morgan fingerprint density at radius 3 is 2.71 bits per heavy atom. The minimum atomic E-state index is -0.0714. The number of carbonyl (C=O) groups is 2. The first-order valence-electron chi connectivity index (χ1n) is 9.56. The Morgan fingerprint density at radius 1 is 1.21 bits per heavy atom. The van der Waals surface area contributed by atoms with Gasteiger partial charge in [-0.3, -0.25) is 9.59 Å². The molecule has 1 aromatic carbocycles. The van der Waals surface area contributed by atoms with Gasteiger partial charge in [-0.05, 0) is 50.0 Å². The number of benzene rings is 1. The number of halogens is 1. The van der Waals surface area contributed by atoms with Crippen LogP contribution in [0.4, 0.5) is 5.69 Å². The van der Waals surface area contributed by atoms with Crippen LogP contribution >= 0.6 is 12.4 Å². The molecular weight excluding hydrogens is 378 g/mol. The van der Waals surface area contributed by atoms with Crippen LogP contribution in [0.25, 0.3) is 0 Å². The molecule has 0 saturated carbocycles. The second-order valence-electron chi connectivity index (χ2n) is 7.35. The van der Waals surface area contributed by atoms with Gasteiger partial charge in [0.25, 0.3) is 5.91 Å². The second kappa shape index (κ2) is 8.80. The topological polar surface area (TPSA) is 65.8 Å². The molecule has 0 unspecified atom stereocenters. The van der Waals surface area contributed by atoms with Gasteiger partial charge >= 0.3 is 0 Å². The summed E-state index contributed by atoms with van der Waals surface area (Å²) in [5.74, 6) is 0.967. The normalized spacial score (nSPS) is 16.8. The molecule has 28 heavy (non-hydrogen) atoms. The maximum absolute atomic E-state index is 13.0. The lowest BCUT2D eigenvalue weighted by atomic mass is 9.96. The molecule has 2 aliphatic rings. The quantitative estimate of drug-likeness (QED) is 0.833. The van der Waals surface area contributed by atoms with E-state index in [0.717, 1.165) is 49.3 Å². The molecule has 1 saturated heterocycles. The summed E-state index contributed by atoms with van der Waals surface area (Å²) in [6.07, 6.45) is 3.96. The third-order valence-corrected chi connectivity index (χ3v) is 5.59. The van der Waals surface area contributed by atoms with Crippen molar-refractivity contribution in [2.24, 2.45) is 5.92 Å². The standard InChI is InChI=1S/C21H25N3O3.ClH/c1-22-13-15-6-9-23(10-7-15)21(26)20-17(8-11-27-20)14-24-18-5-3-2-4-16(18)12-19(24)25;/h2-5,8,11,15,22H,6-7,9-10,12-14H2,1H3;1H. The highest BCUT2D eigenvalue weighted by molar-refractivity contribution is 6.01. The Morgan fingerprint density at radius 2 is 1.96 bits per heavy atom. The molecule has 1 fully saturated rings. The molecule has 2 aromatic rings. The van der Waals surface area contributed by atoms with E-state index in [1.807, 2.05) is 36.2 Å². The van der Waals surface area contributed by atoms with Gasteiger partial charge in [0.2, 0.25) is 5.91 Å². The Bertz CT molecular complexity index is 843. The van der Waals surface area contributed by atoms with Crippen LogP contribution in [-0.4, -0.2) is 43.4 Å². The highest BCUT2D eigenvalue weighted by Gasteiger charge is 2.31. The van der Waals surface area contributed by atoms with Gasteiger partial charge in [-0.2, -0.15) is 0 Å². The number of piperidine rings is 1. The van der Waals surface area contributed by atoms with Crippen LogP contribution in [0.3, 0.4) is 0 Å². The number of nitrogens with zero attached hydrogens (tertiary/aromatic N) is 2. The first kappa shape index (κ1) is 20.4. The molecule has 7 heteroatoms. The van der Waals surface area contributed by atoms with Crippen molar-refractivity contribution in [1.29, 1.82) is 0 Å². The molecule has 0 aliphatic carbocycles. The van der Waals surface area contributed by atoms with E-state index in [2.05, 4.69) is 5.32 Å². The molecule has 4 rings (SSSR count). The smallest absolute Gasteiger partial charge is 0.289 e. The molecule has 1 aromatic heterocycles. The highest BCUT2D eigenvalue weighted by atomic mass is 35.5. The second-order valence-corrected chi connectivity index (χ2v) is 7.35. The molecule has 2 amide bonds. The van der Waals surface area contributed by atoms with E-state index in [1.165, 1.54) is 0 Å². The average molecular weight is 404 g/mol. The summed E-state index contributed by atoms with van der Waals surface area (Å²) >= 11 is 0. The van der Waals surface area contributed by atoms with Gasteiger partial charge < -0.3 is 19.5 Å². The van der Waals surface area contributed by atoms with Crippen LogP contribution in [-0.2, 0) is 17.8 Å². The van der Waals surface area contributed by atoms with Crippen LogP contribution < -0.4 is 10.2 Å². The highest BCUT2D eigenvalue weighted by Crippen LogP contribution is 2.31. The van der Waals surface area contributed by atoms with Gasteiger partial charge in [-0.15, -0.1) is 12.4 Å². The van der Waals surface area contributed by atoms with E-state index in [1.54, 1.807) is 17.2 Å². The summed E-state index contributed by atoms with van der Waals surface area (Å²) in [5, 5.41) is 3.21. The number of fused-ring (bicyclic) bond motifs is 1. The van der Waals surface area contributed by atoms with Crippen LogP contribution in [0, 0.1) is 5.92 Å². The van der Waals surface area contributed by atoms with Crippen LogP contribution in [0.5, 0.6) is 0 Å². The molecule has 2 aliphatic heterocycles. The number of carbonyl (C=O) groups excluding carboxylic acids is 2. The number of hydrogen-bond donors (Lipinski definition) is 1. The van der Waals surface area contributed by atoms with E-state index in [-0.39, 0.29) is 24.2 Å². The lowest BCUT2D eigenvalue weighted by Gasteiger charge is -2.31. The van der Waals surface area contributed by atoms with Crippen molar-refractivity contribution >= 4 is 29.9 Å². The summed E-state index contributed by atoms with van der Waals surface area (Å²) in [7, 11) is 1.96. The molecule has 1 N–H and O–H groups in total. The molecule has 3 heterocycles.